The van der Waals surface area contributed by atoms with Gasteiger partial charge < -0.3 is 10.4 Å². The highest BCUT2D eigenvalue weighted by molar-refractivity contribution is 7.82. The quantitative estimate of drug-likeness (QED) is 0.360. The maximum atomic E-state index is 13.4. The first kappa shape index (κ1) is 27.3. The number of benzene rings is 2. The number of carbonyl (C=O) groups is 2. The Labute approximate surface area is 229 Å². The lowest BCUT2D eigenvalue weighted by atomic mass is 10.0. The van der Waals surface area contributed by atoms with Crippen LogP contribution < -0.4 is 5.32 Å². The number of pyridine rings is 1. The molecular weight excluding hydrogens is 522 g/mol. The predicted molar refractivity (Wildman–Crippen MR) is 150 cm³/mol. The van der Waals surface area contributed by atoms with E-state index in [0.717, 1.165) is 35.6 Å². The number of allylic oxidation sites excluding steroid dienone is 3. The SMILES string of the molecule is CC.O=C(Nc1ccc(-c2ccccn2)cc1C(=O)O)c1cccc(S(=O)N2CCC3=C2CCC(Cl)=C3)c1. The fourth-order valence-corrected chi connectivity index (χ4v) is 5.94. The summed E-state index contributed by atoms with van der Waals surface area (Å²) in [6.45, 7) is 4.62. The first-order chi connectivity index (χ1) is 18.4. The zero-order valence-electron chi connectivity index (χ0n) is 21.1. The van der Waals surface area contributed by atoms with Crippen molar-refractivity contribution >= 4 is 40.2 Å². The molecule has 5 rings (SSSR count). The molecule has 0 radical (unpaired) electrons. The van der Waals surface area contributed by atoms with Crippen LogP contribution in [-0.2, 0) is 11.0 Å². The predicted octanol–water partition coefficient (Wildman–Crippen LogP) is 6.62. The molecule has 0 spiro atoms. The van der Waals surface area contributed by atoms with Gasteiger partial charge in [-0.2, -0.15) is 0 Å². The normalized spacial score (nSPS) is 15.1. The Bertz CT molecular complexity index is 1450. The maximum absolute atomic E-state index is 13.4. The van der Waals surface area contributed by atoms with Crippen LogP contribution in [0.5, 0.6) is 0 Å². The van der Waals surface area contributed by atoms with Crippen LogP contribution in [0.3, 0.4) is 0 Å². The van der Waals surface area contributed by atoms with E-state index in [-0.39, 0.29) is 16.8 Å². The average Bonchev–Trinajstić information content (AvgIpc) is 3.37. The minimum absolute atomic E-state index is 0.0493. The van der Waals surface area contributed by atoms with Gasteiger partial charge in [-0.05, 0) is 73.4 Å². The fraction of sp³-hybridized carbons (Fsp3) is 0.207. The Hall–Kier alpha value is -3.75. The molecule has 2 N–H and O–H groups in total. The molecule has 0 saturated heterocycles. The van der Waals surface area contributed by atoms with Crippen LogP contribution >= 0.6 is 11.6 Å². The van der Waals surface area contributed by atoms with Gasteiger partial charge in [0.15, 0.2) is 11.0 Å². The monoisotopic (exact) mass is 549 g/mol. The van der Waals surface area contributed by atoms with E-state index in [0.29, 0.717) is 22.7 Å². The summed E-state index contributed by atoms with van der Waals surface area (Å²) in [5.74, 6) is -1.66. The van der Waals surface area contributed by atoms with E-state index in [1.165, 1.54) is 6.07 Å². The second kappa shape index (κ2) is 12.2. The molecule has 0 bridgehead atoms. The van der Waals surface area contributed by atoms with Crippen LogP contribution in [0.4, 0.5) is 5.69 Å². The highest BCUT2D eigenvalue weighted by Crippen LogP contribution is 2.37. The van der Waals surface area contributed by atoms with Crippen molar-refractivity contribution in [3.63, 3.8) is 0 Å². The minimum atomic E-state index is -1.48. The van der Waals surface area contributed by atoms with Gasteiger partial charge in [-0.1, -0.05) is 43.6 Å². The number of carboxylic acids is 1. The highest BCUT2D eigenvalue weighted by atomic mass is 35.5. The van der Waals surface area contributed by atoms with Gasteiger partial charge in [-0.25, -0.2) is 9.00 Å². The number of carbonyl (C=O) groups excluding carboxylic acids is 1. The van der Waals surface area contributed by atoms with E-state index in [4.69, 9.17) is 11.6 Å². The van der Waals surface area contributed by atoms with Crippen LogP contribution in [0.2, 0.25) is 0 Å². The van der Waals surface area contributed by atoms with Crippen molar-refractivity contribution in [1.29, 1.82) is 0 Å². The van der Waals surface area contributed by atoms with Crippen LogP contribution in [-0.4, -0.2) is 37.0 Å². The lowest BCUT2D eigenvalue weighted by Gasteiger charge is -2.23. The molecule has 1 aromatic heterocycles. The van der Waals surface area contributed by atoms with Crippen molar-refractivity contribution in [3.05, 3.63) is 100 Å². The first-order valence-corrected chi connectivity index (χ1v) is 13.9. The van der Waals surface area contributed by atoms with Crippen molar-refractivity contribution < 1.29 is 18.9 Å². The zero-order chi connectivity index (χ0) is 27.2. The summed E-state index contributed by atoms with van der Waals surface area (Å²) in [5, 5.41) is 13.2. The van der Waals surface area contributed by atoms with Crippen molar-refractivity contribution in [3.8, 4) is 11.3 Å². The minimum Gasteiger partial charge on any atom is -0.478 e. The van der Waals surface area contributed by atoms with Gasteiger partial charge in [0.25, 0.3) is 5.91 Å². The van der Waals surface area contributed by atoms with Crippen LogP contribution in [0.15, 0.2) is 94.1 Å². The van der Waals surface area contributed by atoms with Crippen LogP contribution in [0.25, 0.3) is 11.3 Å². The lowest BCUT2D eigenvalue weighted by Crippen LogP contribution is -2.23. The molecular formula is C29H28ClN3O4S. The number of nitrogens with one attached hydrogen (secondary N) is 1. The van der Waals surface area contributed by atoms with E-state index in [1.807, 2.05) is 30.3 Å². The first-order valence-electron chi connectivity index (χ1n) is 12.4. The summed E-state index contributed by atoms with van der Waals surface area (Å²) in [6, 6.07) is 16.7. The average molecular weight is 550 g/mol. The van der Waals surface area contributed by atoms with Gasteiger partial charge in [-0.3, -0.25) is 14.1 Å². The number of hydrogen-bond acceptors (Lipinski definition) is 4. The van der Waals surface area contributed by atoms with Crippen LogP contribution in [0.1, 0.15) is 53.8 Å². The van der Waals surface area contributed by atoms with E-state index < -0.39 is 22.9 Å². The number of hydrogen-bond donors (Lipinski definition) is 2. The highest BCUT2D eigenvalue weighted by Gasteiger charge is 2.29. The summed E-state index contributed by atoms with van der Waals surface area (Å²) < 4.78 is 15.2. The van der Waals surface area contributed by atoms with Gasteiger partial charge in [0.05, 0.1) is 21.8 Å². The molecule has 2 aromatic carbocycles. The fourth-order valence-electron chi connectivity index (χ4n) is 4.37. The number of rotatable bonds is 6. The number of carboxylic acid groups (broad SMARTS) is 1. The standard InChI is InChI=1S/C27H22ClN3O4S.C2H6/c28-20-8-10-25-18(14-20)11-13-31(25)36(35)21-5-3-4-19(15-21)26(32)30-24-9-7-17(16-22(24)27(33)34)23-6-1-2-12-29-23;1-2/h1-7,9,12,14-16H,8,10-11,13H2,(H,30,32)(H,33,34);1-2H3. The summed E-state index contributed by atoms with van der Waals surface area (Å²) in [4.78, 5) is 29.7. The molecule has 38 heavy (non-hydrogen) atoms. The Balaban J connectivity index is 0.00000164. The third kappa shape index (κ3) is 5.87. The molecule has 1 amide bonds. The number of aromatic carboxylic acids is 1. The third-order valence-electron chi connectivity index (χ3n) is 6.14. The number of aromatic nitrogens is 1. The largest absolute Gasteiger partial charge is 0.478 e. The Morgan fingerprint density at radius 1 is 1.03 bits per heavy atom. The third-order valence-corrected chi connectivity index (χ3v) is 7.90. The van der Waals surface area contributed by atoms with Crippen molar-refractivity contribution in [2.45, 2.75) is 38.0 Å². The Morgan fingerprint density at radius 3 is 2.58 bits per heavy atom. The number of nitrogens with zero attached hydrogens (tertiary/aromatic N) is 2. The van der Waals surface area contributed by atoms with Crippen molar-refractivity contribution in [2.75, 3.05) is 11.9 Å². The van der Waals surface area contributed by atoms with Gasteiger partial charge in [0.1, 0.15) is 0 Å². The van der Waals surface area contributed by atoms with Gasteiger partial charge in [0.2, 0.25) is 0 Å². The molecule has 1 atom stereocenters. The lowest BCUT2D eigenvalue weighted by molar-refractivity contribution is 0.0698. The molecule has 0 saturated carbocycles. The van der Waals surface area contributed by atoms with Crippen molar-refractivity contribution in [1.82, 2.24) is 9.29 Å². The topological polar surface area (TPSA) is 99.6 Å². The number of anilines is 1. The summed E-state index contributed by atoms with van der Waals surface area (Å²) in [6.07, 6.45) is 5.83. The zero-order valence-corrected chi connectivity index (χ0v) is 22.7. The molecule has 1 unspecified atom stereocenters. The van der Waals surface area contributed by atoms with Crippen molar-refractivity contribution in [2.24, 2.45) is 0 Å². The molecule has 7 nitrogen and oxygen atoms in total. The number of halogens is 1. The van der Waals surface area contributed by atoms with Crippen LogP contribution in [0, 0.1) is 0 Å². The molecule has 3 aromatic rings. The van der Waals surface area contributed by atoms with E-state index >= 15 is 0 Å². The molecule has 9 heteroatoms. The van der Waals surface area contributed by atoms with Gasteiger partial charge in [-0.15, -0.1) is 0 Å². The van der Waals surface area contributed by atoms with E-state index in [1.54, 1.807) is 54.7 Å². The molecule has 1 aliphatic heterocycles. The summed E-state index contributed by atoms with van der Waals surface area (Å²) in [7, 11) is -1.48. The Morgan fingerprint density at radius 2 is 1.84 bits per heavy atom. The van der Waals surface area contributed by atoms with Gasteiger partial charge in [0, 0.05) is 34.6 Å². The van der Waals surface area contributed by atoms with Gasteiger partial charge >= 0.3 is 5.97 Å². The maximum Gasteiger partial charge on any atom is 0.337 e. The molecule has 0 fully saturated rings. The smallest absolute Gasteiger partial charge is 0.337 e. The Kier molecular flexibility index (Phi) is 8.76. The summed E-state index contributed by atoms with van der Waals surface area (Å²) in [5.41, 5.74) is 3.80. The molecule has 2 heterocycles. The molecule has 2 aliphatic rings. The second-order valence-corrected chi connectivity index (χ2v) is 10.3. The number of amides is 1. The van der Waals surface area contributed by atoms with E-state index in [9.17, 15) is 18.9 Å². The van der Waals surface area contributed by atoms with E-state index in [2.05, 4.69) is 10.3 Å². The second-order valence-electron chi connectivity index (χ2n) is 8.43. The molecule has 1 aliphatic carbocycles. The summed E-state index contributed by atoms with van der Waals surface area (Å²) >= 11 is 6.17. The molecule has 196 valence electrons.